The molecule has 4 nitrogen and oxygen atoms in total. The van der Waals surface area contributed by atoms with Crippen LogP contribution in [0.3, 0.4) is 0 Å². The third kappa shape index (κ3) is 2.11. The normalized spacial score (nSPS) is 26.4. The molecule has 2 atom stereocenters. The second kappa shape index (κ2) is 3.83. The topological polar surface area (TPSA) is 63.6 Å². The number of carboxylic acids is 1. The number of rotatable bonds is 3. The third-order valence-electron chi connectivity index (χ3n) is 3.79. The summed E-state index contributed by atoms with van der Waals surface area (Å²) in [5.41, 5.74) is 1.41. The summed E-state index contributed by atoms with van der Waals surface area (Å²) in [6, 6.07) is 5.40. The summed E-state index contributed by atoms with van der Waals surface area (Å²) in [4.78, 5) is 23.0. The van der Waals surface area contributed by atoms with E-state index in [4.69, 9.17) is 9.84 Å². The molecule has 1 aliphatic heterocycles. The number of benzene rings is 1. The zero-order chi connectivity index (χ0) is 13.8. The van der Waals surface area contributed by atoms with Crippen LogP contribution in [0.25, 0.3) is 0 Å². The molecule has 4 heteroatoms. The molecule has 1 fully saturated rings. The molecule has 0 radical (unpaired) electrons. The fourth-order valence-electron chi connectivity index (χ4n) is 2.73. The molecular formula is C15H16O4. The first-order chi connectivity index (χ1) is 8.87. The molecule has 0 spiro atoms. The van der Waals surface area contributed by atoms with Gasteiger partial charge in [-0.3, -0.25) is 9.59 Å². The number of hydrogen-bond acceptors (Lipinski definition) is 3. The Labute approximate surface area is 111 Å². The van der Waals surface area contributed by atoms with Gasteiger partial charge in [-0.25, -0.2) is 0 Å². The van der Waals surface area contributed by atoms with E-state index in [0.29, 0.717) is 12.0 Å². The Bertz CT molecular complexity index is 574. The number of hydrogen-bond donors (Lipinski definition) is 1. The van der Waals surface area contributed by atoms with Gasteiger partial charge in [0.05, 0.1) is 5.92 Å². The highest BCUT2D eigenvalue weighted by Gasteiger charge is 2.48. The minimum atomic E-state index is -0.871. The molecule has 100 valence electrons. The summed E-state index contributed by atoms with van der Waals surface area (Å²) < 4.78 is 5.76. The van der Waals surface area contributed by atoms with E-state index in [9.17, 15) is 9.59 Å². The molecule has 1 aromatic carbocycles. The predicted octanol–water partition coefficient (Wildman–Crippen LogP) is 2.30. The molecule has 0 bridgehead atoms. The molecule has 0 aromatic heterocycles. The maximum absolute atomic E-state index is 12.2. The van der Waals surface area contributed by atoms with E-state index in [2.05, 4.69) is 0 Å². The summed E-state index contributed by atoms with van der Waals surface area (Å²) in [6.07, 6.45) is 1.24. The van der Waals surface area contributed by atoms with Crippen molar-refractivity contribution >= 4 is 11.8 Å². The minimum Gasteiger partial charge on any atom is -0.487 e. The maximum Gasteiger partial charge on any atom is 0.307 e. The van der Waals surface area contributed by atoms with Gasteiger partial charge in [0.15, 0.2) is 5.78 Å². The van der Waals surface area contributed by atoms with Crippen LogP contribution in [0.15, 0.2) is 18.2 Å². The van der Waals surface area contributed by atoms with E-state index in [1.165, 1.54) is 0 Å². The fourth-order valence-corrected chi connectivity index (χ4v) is 2.73. The van der Waals surface area contributed by atoms with E-state index < -0.39 is 11.9 Å². The number of ketones is 1. The van der Waals surface area contributed by atoms with Gasteiger partial charge < -0.3 is 9.84 Å². The van der Waals surface area contributed by atoms with Crippen molar-refractivity contribution in [3.63, 3.8) is 0 Å². The number of carboxylic acid groups (broad SMARTS) is 1. The molecule has 19 heavy (non-hydrogen) atoms. The van der Waals surface area contributed by atoms with Gasteiger partial charge in [0, 0.05) is 17.9 Å². The van der Waals surface area contributed by atoms with Crippen molar-refractivity contribution in [3.8, 4) is 5.75 Å². The van der Waals surface area contributed by atoms with Crippen molar-refractivity contribution < 1.29 is 19.4 Å². The first-order valence-corrected chi connectivity index (χ1v) is 6.46. The average Bonchev–Trinajstić information content (AvgIpc) is 3.04. The lowest BCUT2D eigenvalue weighted by atomic mass is 9.98. The Morgan fingerprint density at radius 3 is 2.68 bits per heavy atom. The summed E-state index contributed by atoms with van der Waals surface area (Å²) in [5, 5.41) is 8.87. The van der Waals surface area contributed by atoms with Gasteiger partial charge in [0.1, 0.15) is 11.4 Å². The minimum absolute atomic E-state index is 0.0556. The van der Waals surface area contributed by atoms with Crippen LogP contribution < -0.4 is 4.74 Å². The SMILES string of the molecule is CC1(C)Cc2cc(C(=O)[C@H]3C[C@@H]3C(=O)O)ccc2O1. The first kappa shape index (κ1) is 12.2. The van der Waals surface area contributed by atoms with Gasteiger partial charge in [-0.2, -0.15) is 0 Å². The van der Waals surface area contributed by atoms with Crippen LogP contribution >= 0.6 is 0 Å². The summed E-state index contributed by atoms with van der Waals surface area (Å²) in [7, 11) is 0. The molecule has 0 amide bonds. The standard InChI is InChI=1S/C15H16O4/c1-15(2)7-9-5-8(3-4-12(9)19-15)13(16)10-6-11(10)14(17)18/h3-5,10-11H,6-7H2,1-2H3,(H,17,18)/t10-,11-/m0/s1. The van der Waals surface area contributed by atoms with E-state index >= 15 is 0 Å². The van der Waals surface area contributed by atoms with E-state index in [1.54, 1.807) is 6.07 Å². The second-order valence-corrected chi connectivity index (χ2v) is 6.01. The van der Waals surface area contributed by atoms with Crippen molar-refractivity contribution in [2.45, 2.75) is 32.3 Å². The van der Waals surface area contributed by atoms with Crippen LogP contribution in [0.2, 0.25) is 0 Å². The van der Waals surface area contributed by atoms with Crippen molar-refractivity contribution in [2.24, 2.45) is 11.8 Å². The molecule has 2 aliphatic rings. The molecule has 0 saturated heterocycles. The molecule has 0 unspecified atom stereocenters. The highest BCUT2D eigenvalue weighted by molar-refractivity contribution is 6.02. The van der Waals surface area contributed by atoms with Crippen LogP contribution in [-0.2, 0) is 11.2 Å². The van der Waals surface area contributed by atoms with Crippen molar-refractivity contribution in [3.05, 3.63) is 29.3 Å². The molecule has 1 aromatic rings. The summed E-state index contributed by atoms with van der Waals surface area (Å²) in [6.45, 7) is 4.02. The lowest BCUT2D eigenvalue weighted by Gasteiger charge is -2.16. The van der Waals surface area contributed by atoms with Gasteiger partial charge >= 0.3 is 5.97 Å². The Hall–Kier alpha value is -1.84. The molecular weight excluding hydrogens is 244 g/mol. The lowest BCUT2D eigenvalue weighted by Crippen LogP contribution is -2.24. The Kier molecular flexibility index (Phi) is 2.46. The summed E-state index contributed by atoms with van der Waals surface area (Å²) >= 11 is 0. The first-order valence-electron chi connectivity index (χ1n) is 6.46. The zero-order valence-electron chi connectivity index (χ0n) is 11.0. The van der Waals surface area contributed by atoms with E-state index in [-0.39, 0.29) is 17.3 Å². The number of aliphatic carboxylic acids is 1. The number of carbonyl (C=O) groups is 2. The average molecular weight is 260 g/mol. The Morgan fingerprint density at radius 2 is 2.05 bits per heavy atom. The highest BCUT2D eigenvalue weighted by atomic mass is 16.5. The van der Waals surface area contributed by atoms with Gasteiger partial charge in [0.25, 0.3) is 0 Å². The van der Waals surface area contributed by atoms with Crippen LogP contribution in [0, 0.1) is 11.8 Å². The van der Waals surface area contributed by atoms with Crippen LogP contribution in [0.4, 0.5) is 0 Å². The van der Waals surface area contributed by atoms with Gasteiger partial charge in [-0.05, 0) is 44.0 Å². The van der Waals surface area contributed by atoms with Crippen LogP contribution in [0.5, 0.6) is 5.75 Å². The molecule has 1 saturated carbocycles. The number of fused-ring (bicyclic) bond motifs is 1. The molecule has 3 rings (SSSR count). The molecule has 1 N–H and O–H groups in total. The quantitative estimate of drug-likeness (QED) is 0.847. The lowest BCUT2D eigenvalue weighted by molar-refractivity contribution is -0.138. The Balaban J connectivity index is 1.81. The zero-order valence-corrected chi connectivity index (χ0v) is 11.0. The highest BCUT2D eigenvalue weighted by Crippen LogP contribution is 2.42. The van der Waals surface area contributed by atoms with Crippen LogP contribution in [-0.4, -0.2) is 22.5 Å². The monoisotopic (exact) mass is 260 g/mol. The van der Waals surface area contributed by atoms with Crippen molar-refractivity contribution in [1.29, 1.82) is 0 Å². The van der Waals surface area contributed by atoms with E-state index in [1.807, 2.05) is 26.0 Å². The largest absolute Gasteiger partial charge is 0.487 e. The van der Waals surface area contributed by atoms with Gasteiger partial charge in [-0.15, -0.1) is 0 Å². The van der Waals surface area contributed by atoms with Crippen LogP contribution in [0.1, 0.15) is 36.2 Å². The number of Topliss-reactive ketones (excluding diaryl/α,β-unsaturated/α-hetero) is 1. The van der Waals surface area contributed by atoms with Gasteiger partial charge in [-0.1, -0.05) is 0 Å². The number of carbonyl (C=O) groups excluding carboxylic acids is 1. The molecule has 1 aliphatic carbocycles. The van der Waals surface area contributed by atoms with E-state index in [0.717, 1.165) is 17.7 Å². The van der Waals surface area contributed by atoms with Crippen molar-refractivity contribution in [2.75, 3.05) is 0 Å². The maximum atomic E-state index is 12.2. The summed E-state index contributed by atoms with van der Waals surface area (Å²) in [5.74, 6) is -0.935. The predicted molar refractivity (Wildman–Crippen MR) is 68.4 cm³/mol. The van der Waals surface area contributed by atoms with Crippen molar-refractivity contribution in [1.82, 2.24) is 0 Å². The Morgan fingerprint density at radius 1 is 1.32 bits per heavy atom. The van der Waals surface area contributed by atoms with Gasteiger partial charge in [0.2, 0.25) is 0 Å². The second-order valence-electron chi connectivity index (χ2n) is 6.01. The molecule has 1 heterocycles. The third-order valence-corrected chi connectivity index (χ3v) is 3.79. The fraction of sp³-hybridized carbons (Fsp3) is 0.467. The smallest absolute Gasteiger partial charge is 0.307 e. The number of ether oxygens (including phenoxy) is 1.